The molecule has 1 fully saturated rings. The van der Waals surface area contributed by atoms with Gasteiger partial charge in [-0.15, -0.1) is 0 Å². The summed E-state index contributed by atoms with van der Waals surface area (Å²) >= 11 is 0. The fraction of sp³-hybridized carbons (Fsp3) is 0.700. The van der Waals surface area contributed by atoms with Crippen LogP contribution in [-0.2, 0) is 11.3 Å². The van der Waals surface area contributed by atoms with Crippen LogP contribution in [0.3, 0.4) is 0 Å². The molecule has 0 spiro atoms. The second kappa shape index (κ2) is 4.10. The number of aromatic nitrogens is 3. The summed E-state index contributed by atoms with van der Waals surface area (Å²) in [5.74, 6) is 0.466. The van der Waals surface area contributed by atoms with Crippen molar-refractivity contribution < 1.29 is 9.53 Å². The van der Waals surface area contributed by atoms with Gasteiger partial charge in [-0.1, -0.05) is 0 Å². The molecule has 2 unspecified atom stereocenters. The van der Waals surface area contributed by atoms with E-state index in [4.69, 9.17) is 4.74 Å². The van der Waals surface area contributed by atoms with Crippen LogP contribution in [0.5, 0.6) is 0 Å². The average molecular weight is 209 g/mol. The average Bonchev–Trinajstić information content (AvgIpc) is 2.84. The Kier molecular flexibility index (Phi) is 2.81. The third-order valence-corrected chi connectivity index (χ3v) is 2.70. The Morgan fingerprint density at radius 1 is 1.73 bits per heavy atom. The molecule has 2 heterocycles. The van der Waals surface area contributed by atoms with Crippen LogP contribution >= 0.6 is 0 Å². The van der Waals surface area contributed by atoms with Crippen molar-refractivity contribution in [2.24, 2.45) is 5.92 Å². The first-order valence-corrected chi connectivity index (χ1v) is 5.26. The number of aryl methyl sites for hydroxylation is 1. The normalized spacial score (nSPS) is 25.7. The predicted octanol–water partition coefficient (Wildman–Crippen LogP) is 0.906. The van der Waals surface area contributed by atoms with Crippen molar-refractivity contribution in [2.45, 2.75) is 32.9 Å². The standard InChI is InChI=1S/C10H15N3O2/c1-3-13-10(11-6-12-13)9(14)8-4-7(2)15-5-8/h6-8H,3-5H2,1-2H3. The molecule has 5 nitrogen and oxygen atoms in total. The fourth-order valence-corrected chi connectivity index (χ4v) is 1.87. The second-order valence-corrected chi connectivity index (χ2v) is 3.84. The molecule has 0 saturated carbocycles. The summed E-state index contributed by atoms with van der Waals surface area (Å²) in [6.07, 6.45) is 2.39. The minimum Gasteiger partial charge on any atom is -0.378 e. The summed E-state index contributed by atoms with van der Waals surface area (Å²) in [6.45, 7) is 5.11. The second-order valence-electron chi connectivity index (χ2n) is 3.84. The van der Waals surface area contributed by atoms with Crippen molar-refractivity contribution in [1.29, 1.82) is 0 Å². The molecule has 1 aliphatic heterocycles. The highest BCUT2D eigenvalue weighted by atomic mass is 16.5. The number of hydrogen-bond acceptors (Lipinski definition) is 4. The lowest BCUT2D eigenvalue weighted by atomic mass is 10.0. The maximum atomic E-state index is 12.0. The minimum atomic E-state index is -0.0468. The number of rotatable bonds is 3. The number of ketones is 1. The van der Waals surface area contributed by atoms with Gasteiger partial charge in [0, 0.05) is 6.54 Å². The molecule has 82 valence electrons. The fourth-order valence-electron chi connectivity index (χ4n) is 1.87. The van der Waals surface area contributed by atoms with E-state index in [1.807, 2.05) is 13.8 Å². The number of hydrogen-bond donors (Lipinski definition) is 0. The first kappa shape index (κ1) is 10.3. The zero-order valence-electron chi connectivity index (χ0n) is 9.01. The molecule has 15 heavy (non-hydrogen) atoms. The highest BCUT2D eigenvalue weighted by Gasteiger charge is 2.31. The number of carbonyl (C=O) groups is 1. The van der Waals surface area contributed by atoms with Crippen molar-refractivity contribution in [1.82, 2.24) is 14.8 Å². The van der Waals surface area contributed by atoms with Gasteiger partial charge in [-0.25, -0.2) is 9.67 Å². The SMILES string of the molecule is CCn1ncnc1C(=O)C1COC(C)C1. The van der Waals surface area contributed by atoms with Crippen LogP contribution in [0.2, 0.25) is 0 Å². The van der Waals surface area contributed by atoms with Crippen LogP contribution in [-0.4, -0.2) is 33.3 Å². The van der Waals surface area contributed by atoms with Crippen LogP contribution in [0, 0.1) is 5.92 Å². The molecule has 2 rings (SSSR count). The zero-order chi connectivity index (χ0) is 10.8. The first-order valence-electron chi connectivity index (χ1n) is 5.26. The Morgan fingerprint density at radius 3 is 3.13 bits per heavy atom. The molecular formula is C10H15N3O2. The van der Waals surface area contributed by atoms with Gasteiger partial charge in [0.1, 0.15) is 6.33 Å². The van der Waals surface area contributed by atoms with Crippen LogP contribution in [0.15, 0.2) is 6.33 Å². The van der Waals surface area contributed by atoms with Gasteiger partial charge in [0.25, 0.3) is 0 Å². The molecule has 1 aromatic rings. The Balaban J connectivity index is 2.14. The molecular weight excluding hydrogens is 194 g/mol. The molecule has 1 saturated heterocycles. The molecule has 5 heteroatoms. The number of Topliss-reactive ketones (excluding diaryl/α,β-unsaturated/α-hetero) is 1. The predicted molar refractivity (Wildman–Crippen MR) is 53.5 cm³/mol. The maximum Gasteiger partial charge on any atom is 0.205 e. The zero-order valence-corrected chi connectivity index (χ0v) is 9.01. The Morgan fingerprint density at radius 2 is 2.53 bits per heavy atom. The van der Waals surface area contributed by atoms with Crippen LogP contribution < -0.4 is 0 Å². The lowest BCUT2D eigenvalue weighted by Crippen LogP contribution is -2.20. The van der Waals surface area contributed by atoms with E-state index in [0.29, 0.717) is 19.0 Å². The maximum absolute atomic E-state index is 12.0. The van der Waals surface area contributed by atoms with Gasteiger partial charge < -0.3 is 4.74 Å². The molecule has 0 aromatic carbocycles. The summed E-state index contributed by atoms with van der Waals surface area (Å²) in [6, 6.07) is 0. The largest absolute Gasteiger partial charge is 0.378 e. The third-order valence-electron chi connectivity index (χ3n) is 2.70. The third kappa shape index (κ3) is 1.92. The van der Waals surface area contributed by atoms with Crippen LogP contribution in [0.1, 0.15) is 30.9 Å². The monoisotopic (exact) mass is 209 g/mol. The first-order chi connectivity index (χ1) is 7.22. The molecule has 1 aromatic heterocycles. The van der Waals surface area contributed by atoms with Crippen molar-refractivity contribution in [2.75, 3.05) is 6.61 Å². The number of nitrogens with zero attached hydrogens (tertiary/aromatic N) is 3. The van der Waals surface area contributed by atoms with Crippen molar-refractivity contribution >= 4 is 5.78 Å². The summed E-state index contributed by atoms with van der Waals surface area (Å²) in [7, 11) is 0. The summed E-state index contributed by atoms with van der Waals surface area (Å²) in [5.41, 5.74) is 0. The van der Waals surface area contributed by atoms with Crippen molar-refractivity contribution in [3.8, 4) is 0 Å². The van der Waals surface area contributed by atoms with Crippen molar-refractivity contribution in [3.63, 3.8) is 0 Å². The molecule has 2 atom stereocenters. The van der Waals surface area contributed by atoms with E-state index in [1.54, 1.807) is 4.68 Å². The Hall–Kier alpha value is -1.23. The van der Waals surface area contributed by atoms with Gasteiger partial charge in [-0.3, -0.25) is 4.79 Å². The van der Waals surface area contributed by atoms with E-state index < -0.39 is 0 Å². The number of ether oxygens (including phenoxy) is 1. The van der Waals surface area contributed by atoms with E-state index in [-0.39, 0.29) is 17.8 Å². The smallest absolute Gasteiger partial charge is 0.205 e. The van der Waals surface area contributed by atoms with Gasteiger partial charge in [0.2, 0.25) is 5.78 Å². The highest BCUT2D eigenvalue weighted by molar-refractivity contribution is 5.94. The molecule has 0 N–H and O–H groups in total. The van der Waals surface area contributed by atoms with Crippen LogP contribution in [0.25, 0.3) is 0 Å². The van der Waals surface area contributed by atoms with Gasteiger partial charge in [0.15, 0.2) is 5.82 Å². The minimum absolute atomic E-state index is 0.0468. The molecule has 0 amide bonds. The van der Waals surface area contributed by atoms with E-state index >= 15 is 0 Å². The quantitative estimate of drug-likeness (QED) is 0.694. The molecule has 0 bridgehead atoms. The van der Waals surface area contributed by atoms with E-state index in [2.05, 4.69) is 10.1 Å². The topological polar surface area (TPSA) is 57.0 Å². The number of carbonyl (C=O) groups excluding carboxylic acids is 1. The van der Waals surface area contributed by atoms with E-state index in [9.17, 15) is 4.79 Å². The lowest BCUT2D eigenvalue weighted by Gasteiger charge is -2.06. The van der Waals surface area contributed by atoms with Gasteiger partial charge in [0.05, 0.1) is 18.6 Å². The van der Waals surface area contributed by atoms with Crippen molar-refractivity contribution in [3.05, 3.63) is 12.2 Å². The van der Waals surface area contributed by atoms with Crippen LogP contribution in [0.4, 0.5) is 0 Å². The highest BCUT2D eigenvalue weighted by Crippen LogP contribution is 2.22. The Bertz CT molecular complexity index is 361. The molecule has 0 radical (unpaired) electrons. The molecule has 1 aliphatic rings. The summed E-state index contributed by atoms with van der Waals surface area (Å²) in [5, 5.41) is 3.99. The summed E-state index contributed by atoms with van der Waals surface area (Å²) in [4.78, 5) is 16.0. The van der Waals surface area contributed by atoms with Gasteiger partial charge >= 0.3 is 0 Å². The lowest BCUT2D eigenvalue weighted by molar-refractivity contribution is 0.0862. The summed E-state index contributed by atoms with van der Waals surface area (Å²) < 4.78 is 7.01. The van der Waals surface area contributed by atoms with E-state index in [1.165, 1.54) is 6.33 Å². The Labute approximate surface area is 88.4 Å². The van der Waals surface area contributed by atoms with Gasteiger partial charge in [-0.2, -0.15) is 5.10 Å². The molecule has 0 aliphatic carbocycles. The van der Waals surface area contributed by atoms with Gasteiger partial charge in [-0.05, 0) is 20.3 Å². The van der Waals surface area contributed by atoms with E-state index in [0.717, 1.165) is 6.42 Å².